The van der Waals surface area contributed by atoms with Crippen molar-refractivity contribution in [1.29, 1.82) is 0 Å². The minimum absolute atomic E-state index is 0.00544. The van der Waals surface area contributed by atoms with E-state index in [1.54, 1.807) is 13.8 Å². The molecule has 0 radical (unpaired) electrons. The normalized spacial score (nSPS) is 14.2. The molecule has 8 N–H and O–H groups in total. The second kappa shape index (κ2) is 13.9. The van der Waals surface area contributed by atoms with Crippen LogP contribution in [0.15, 0.2) is 55.4 Å². The maximum Gasteiger partial charge on any atom is 0.326 e. The van der Waals surface area contributed by atoms with Crippen molar-refractivity contribution in [3.63, 3.8) is 0 Å². The highest BCUT2D eigenvalue weighted by Crippen LogP contribution is 2.08. The second-order valence-electron chi connectivity index (χ2n) is 9.54. The number of carbonyl (C=O) groups is 4. The second-order valence-corrected chi connectivity index (χ2v) is 9.54. The number of hydrogen-bond donors (Lipinski definition) is 7. The smallest absolute Gasteiger partial charge is 0.326 e. The van der Waals surface area contributed by atoms with Crippen molar-refractivity contribution in [3.8, 4) is 0 Å². The van der Waals surface area contributed by atoms with Gasteiger partial charge in [0.1, 0.15) is 18.1 Å². The molecule has 0 fully saturated rings. The van der Waals surface area contributed by atoms with Gasteiger partial charge in [0.05, 0.1) is 18.7 Å². The van der Waals surface area contributed by atoms with Gasteiger partial charge in [0.15, 0.2) is 0 Å². The third-order valence-corrected chi connectivity index (χ3v) is 6.14. The lowest BCUT2D eigenvalue weighted by Gasteiger charge is -2.25. The summed E-state index contributed by atoms with van der Waals surface area (Å²) in [6, 6.07) is 4.77. The lowest BCUT2D eigenvalue weighted by Crippen LogP contribution is -2.58. The first kappa shape index (κ1) is 29.0. The van der Waals surface area contributed by atoms with Gasteiger partial charge >= 0.3 is 5.97 Å². The highest BCUT2D eigenvalue weighted by molar-refractivity contribution is 5.94. The summed E-state index contributed by atoms with van der Waals surface area (Å²) in [4.78, 5) is 64.9. The Bertz CT molecular complexity index is 1210. The number of aromatic nitrogens is 4. The molecule has 4 atom stereocenters. The third kappa shape index (κ3) is 8.78. The monoisotopic (exact) mass is 538 g/mol. The van der Waals surface area contributed by atoms with E-state index in [2.05, 4.69) is 35.9 Å². The van der Waals surface area contributed by atoms with Crippen LogP contribution in [0.2, 0.25) is 0 Å². The molecule has 4 unspecified atom stereocenters. The first-order valence-corrected chi connectivity index (χ1v) is 12.5. The highest BCUT2D eigenvalue weighted by Gasteiger charge is 2.31. The lowest BCUT2D eigenvalue weighted by molar-refractivity contribution is -0.142. The fourth-order valence-electron chi connectivity index (χ4n) is 3.82. The van der Waals surface area contributed by atoms with Crippen LogP contribution in [0.5, 0.6) is 0 Å². The van der Waals surface area contributed by atoms with Gasteiger partial charge in [-0.25, -0.2) is 14.8 Å². The number of aliphatic carboxylic acids is 1. The Balaban J connectivity index is 1.80. The number of amides is 3. The van der Waals surface area contributed by atoms with Crippen LogP contribution in [0, 0.1) is 5.92 Å². The Morgan fingerprint density at radius 2 is 1.28 bits per heavy atom. The predicted molar refractivity (Wildman–Crippen MR) is 141 cm³/mol. The predicted octanol–water partition coefficient (Wildman–Crippen LogP) is -0.317. The van der Waals surface area contributed by atoms with E-state index in [1.165, 1.54) is 25.0 Å². The topological polar surface area (TPSA) is 208 Å². The molecular formula is C26H34N8O5. The molecule has 2 aromatic heterocycles. The third-order valence-electron chi connectivity index (χ3n) is 6.14. The summed E-state index contributed by atoms with van der Waals surface area (Å²) in [6.07, 6.45) is 5.91. The molecule has 0 bridgehead atoms. The number of imidazole rings is 2. The van der Waals surface area contributed by atoms with Crippen LogP contribution in [-0.4, -0.2) is 72.9 Å². The van der Waals surface area contributed by atoms with Gasteiger partial charge in [-0.2, -0.15) is 0 Å². The van der Waals surface area contributed by atoms with Crippen LogP contribution < -0.4 is 21.7 Å². The fraction of sp³-hybridized carbons (Fsp3) is 0.385. The van der Waals surface area contributed by atoms with Gasteiger partial charge in [0.2, 0.25) is 17.7 Å². The molecule has 3 aromatic rings. The Kier molecular flexibility index (Phi) is 10.3. The molecule has 208 valence electrons. The zero-order valence-corrected chi connectivity index (χ0v) is 21.8. The van der Waals surface area contributed by atoms with E-state index in [9.17, 15) is 24.3 Å². The summed E-state index contributed by atoms with van der Waals surface area (Å²) in [5.74, 6) is -3.24. The van der Waals surface area contributed by atoms with Crippen molar-refractivity contribution >= 4 is 23.7 Å². The van der Waals surface area contributed by atoms with E-state index in [4.69, 9.17) is 5.73 Å². The minimum Gasteiger partial charge on any atom is -0.480 e. The van der Waals surface area contributed by atoms with Gasteiger partial charge in [-0.05, 0) is 11.5 Å². The first-order valence-electron chi connectivity index (χ1n) is 12.5. The zero-order chi connectivity index (χ0) is 28.4. The largest absolute Gasteiger partial charge is 0.480 e. The molecule has 0 aliphatic heterocycles. The Hall–Kier alpha value is -4.52. The van der Waals surface area contributed by atoms with Crippen molar-refractivity contribution in [2.24, 2.45) is 11.7 Å². The number of nitrogens with two attached hydrogens (primary N) is 1. The molecule has 0 spiro atoms. The molecule has 0 aliphatic rings. The fourth-order valence-corrected chi connectivity index (χ4v) is 3.82. The molecule has 39 heavy (non-hydrogen) atoms. The maximum atomic E-state index is 13.5. The van der Waals surface area contributed by atoms with Crippen LogP contribution >= 0.6 is 0 Å². The number of benzene rings is 1. The molecule has 0 saturated heterocycles. The molecular weight excluding hydrogens is 504 g/mol. The molecule has 3 amide bonds. The highest BCUT2D eigenvalue weighted by atomic mass is 16.4. The van der Waals surface area contributed by atoms with Crippen molar-refractivity contribution in [3.05, 3.63) is 72.3 Å². The van der Waals surface area contributed by atoms with E-state index in [0.29, 0.717) is 11.4 Å². The summed E-state index contributed by atoms with van der Waals surface area (Å²) in [5.41, 5.74) is 7.85. The molecule has 0 saturated carbocycles. The maximum absolute atomic E-state index is 13.5. The number of nitrogens with zero attached hydrogens (tertiary/aromatic N) is 2. The van der Waals surface area contributed by atoms with E-state index >= 15 is 0 Å². The van der Waals surface area contributed by atoms with Gasteiger partial charge in [-0.3, -0.25) is 14.4 Å². The summed E-state index contributed by atoms with van der Waals surface area (Å²) >= 11 is 0. The number of carboxylic acid groups (broad SMARTS) is 1. The van der Waals surface area contributed by atoms with E-state index in [-0.39, 0.29) is 25.2 Å². The summed E-state index contributed by atoms with van der Waals surface area (Å²) in [6.45, 7) is 3.59. The van der Waals surface area contributed by atoms with Gasteiger partial charge < -0.3 is 36.8 Å². The summed E-state index contributed by atoms with van der Waals surface area (Å²) in [7, 11) is 0. The lowest BCUT2D eigenvalue weighted by atomic mass is 10.0. The van der Waals surface area contributed by atoms with Gasteiger partial charge in [0.25, 0.3) is 0 Å². The van der Waals surface area contributed by atoms with E-state index in [0.717, 1.165) is 5.56 Å². The number of nitrogens with one attached hydrogen (secondary N) is 5. The van der Waals surface area contributed by atoms with Crippen LogP contribution in [0.1, 0.15) is 30.8 Å². The first-order chi connectivity index (χ1) is 18.6. The van der Waals surface area contributed by atoms with Crippen molar-refractivity contribution in [1.82, 2.24) is 35.9 Å². The van der Waals surface area contributed by atoms with E-state index in [1.807, 2.05) is 30.3 Å². The standard InChI is InChI=1S/C26H34N8O5/c1-15(2)22(27)25(37)33-19(8-16-6-4-3-5-7-16)23(35)32-20(9-17-11-28-13-30-17)24(36)34-21(26(38)39)10-18-12-29-14-31-18/h3-7,11-15,19-22H,8-10,27H2,1-2H3,(H,28,30)(H,29,31)(H,32,35)(H,33,37)(H,34,36)(H,38,39). The number of hydrogen-bond acceptors (Lipinski definition) is 7. The Labute approximate surface area is 225 Å². The van der Waals surface area contributed by atoms with Gasteiger partial charge in [-0.15, -0.1) is 0 Å². The van der Waals surface area contributed by atoms with E-state index < -0.39 is 47.9 Å². The Morgan fingerprint density at radius 1 is 0.795 bits per heavy atom. The van der Waals surface area contributed by atoms with Crippen LogP contribution in [0.3, 0.4) is 0 Å². The summed E-state index contributed by atoms with van der Waals surface area (Å²) in [5, 5.41) is 17.6. The molecule has 3 rings (SSSR count). The quantitative estimate of drug-likeness (QED) is 0.144. The zero-order valence-electron chi connectivity index (χ0n) is 21.8. The number of carbonyl (C=O) groups excluding carboxylic acids is 3. The number of H-pyrrole nitrogens is 2. The number of rotatable bonds is 14. The van der Waals surface area contributed by atoms with Crippen molar-refractivity contribution < 1.29 is 24.3 Å². The van der Waals surface area contributed by atoms with Crippen molar-refractivity contribution in [2.45, 2.75) is 57.3 Å². The molecule has 0 aliphatic carbocycles. The number of carboxylic acids is 1. The SMILES string of the molecule is CC(C)C(N)C(=O)NC(Cc1ccccc1)C(=O)NC(Cc1cnc[nH]1)C(=O)NC(Cc1cnc[nH]1)C(=O)O. The van der Waals surface area contributed by atoms with Gasteiger partial charge in [-0.1, -0.05) is 44.2 Å². The summed E-state index contributed by atoms with van der Waals surface area (Å²) < 4.78 is 0. The molecule has 13 heteroatoms. The van der Waals surface area contributed by atoms with Crippen LogP contribution in [0.25, 0.3) is 0 Å². The van der Waals surface area contributed by atoms with Crippen LogP contribution in [-0.2, 0) is 38.4 Å². The average molecular weight is 539 g/mol. The van der Waals surface area contributed by atoms with Crippen molar-refractivity contribution in [2.75, 3.05) is 0 Å². The number of aromatic amines is 2. The molecule has 13 nitrogen and oxygen atoms in total. The molecule has 2 heterocycles. The average Bonchev–Trinajstić information content (AvgIpc) is 3.62. The minimum atomic E-state index is -1.28. The Morgan fingerprint density at radius 3 is 1.77 bits per heavy atom. The molecule has 1 aromatic carbocycles. The van der Waals surface area contributed by atoms with Crippen LogP contribution in [0.4, 0.5) is 0 Å². The van der Waals surface area contributed by atoms with Gasteiger partial charge in [0, 0.05) is 43.0 Å².